The summed E-state index contributed by atoms with van der Waals surface area (Å²) in [6.07, 6.45) is 0. The van der Waals surface area contributed by atoms with Gasteiger partial charge in [0.25, 0.3) is 5.91 Å². The van der Waals surface area contributed by atoms with Gasteiger partial charge in [-0.1, -0.05) is 36.4 Å². The fraction of sp³-hybridized carbons (Fsp3) is 0.130. The second-order valence-corrected chi connectivity index (χ2v) is 6.90. The van der Waals surface area contributed by atoms with Crippen LogP contribution in [0.25, 0.3) is 22.4 Å². The van der Waals surface area contributed by atoms with E-state index >= 15 is 0 Å². The molecule has 2 N–H and O–H groups in total. The quantitative estimate of drug-likeness (QED) is 0.516. The number of amides is 1. The summed E-state index contributed by atoms with van der Waals surface area (Å²) < 4.78 is 0. The van der Waals surface area contributed by atoms with Crippen LogP contribution < -0.4 is 5.32 Å². The summed E-state index contributed by atoms with van der Waals surface area (Å²) in [6, 6.07) is 19.7. The minimum atomic E-state index is -0.103. The SMILES string of the molecule is Cc1ccc2nc(-c3ccc(C)c(NC(=O)c4ccccc4C)c3)[nH]c2c1. The zero-order valence-electron chi connectivity index (χ0n) is 15.6. The Bertz CT molecular complexity index is 1160. The van der Waals surface area contributed by atoms with Gasteiger partial charge in [-0.25, -0.2) is 4.98 Å². The number of fused-ring (bicyclic) bond motifs is 1. The van der Waals surface area contributed by atoms with Crippen molar-refractivity contribution in [1.82, 2.24) is 9.97 Å². The predicted octanol–water partition coefficient (Wildman–Crippen LogP) is 5.41. The van der Waals surface area contributed by atoms with Gasteiger partial charge in [0.05, 0.1) is 11.0 Å². The number of aromatic nitrogens is 2. The lowest BCUT2D eigenvalue weighted by atomic mass is 10.1. The molecule has 0 aliphatic heterocycles. The number of nitrogens with zero attached hydrogens (tertiary/aromatic N) is 1. The summed E-state index contributed by atoms with van der Waals surface area (Å²) in [5.74, 6) is 0.690. The summed E-state index contributed by atoms with van der Waals surface area (Å²) in [5.41, 5.74) is 7.50. The molecular weight excluding hydrogens is 334 g/mol. The number of imidazole rings is 1. The number of aromatic amines is 1. The van der Waals surface area contributed by atoms with Crippen LogP contribution in [0.15, 0.2) is 60.7 Å². The average Bonchev–Trinajstić information content (AvgIpc) is 3.07. The number of hydrogen-bond acceptors (Lipinski definition) is 2. The van der Waals surface area contributed by atoms with Crippen molar-refractivity contribution in [1.29, 1.82) is 0 Å². The third kappa shape index (κ3) is 3.34. The number of H-pyrrole nitrogens is 1. The monoisotopic (exact) mass is 355 g/mol. The molecule has 0 bridgehead atoms. The molecule has 134 valence electrons. The Morgan fingerprint density at radius 2 is 1.74 bits per heavy atom. The third-order valence-corrected chi connectivity index (χ3v) is 4.79. The van der Waals surface area contributed by atoms with E-state index in [1.165, 1.54) is 5.56 Å². The number of benzene rings is 3. The van der Waals surface area contributed by atoms with Gasteiger partial charge in [-0.3, -0.25) is 4.79 Å². The van der Waals surface area contributed by atoms with Crippen molar-refractivity contribution in [3.05, 3.63) is 82.9 Å². The van der Waals surface area contributed by atoms with Gasteiger partial charge in [0.15, 0.2) is 0 Å². The molecule has 0 fully saturated rings. The largest absolute Gasteiger partial charge is 0.338 e. The van der Waals surface area contributed by atoms with Gasteiger partial charge < -0.3 is 10.3 Å². The first-order valence-corrected chi connectivity index (χ1v) is 8.95. The summed E-state index contributed by atoms with van der Waals surface area (Å²) in [5, 5.41) is 3.04. The van der Waals surface area contributed by atoms with Crippen LogP contribution in [0.3, 0.4) is 0 Å². The number of aryl methyl sites for hydroxylation is 3. The Hall–Kier alpha value is -3.40. The van der Waals surface area contributed by atoms with Crippen LogP contribution in [-0.2, 0) is 0 Å². The van der Waals surface area contributed by atoms with Crippen molar-refractivity contribution in [2.75, 3.05) is 5.32 Å². The number of rotatable bonds is 3. The van der Waals surface area contributed by atoms with Gasteiger partial charge in [-0.2, -0.15) is 0 Å². The highest BCUT2D eigenvalue weighted by molar-refractivity contribution is 6.05. The lowest BCUT2D eigenvalue weighted by molar-refractivity contribution is 0.102. The Kier molecular flexibility index (Phi) is 4.24. The van der Waals surface area contributed by atoms with E-state index in [4.69, 9.17) is 0 Å². The summed E-state index contributed by atoms with van der Waals surface area (Å²) in [4.78, 5) is 20.7. The molecule has 0 aliphatic rings. The molecular formula is C23H21N3O. The van der Waals surface area contributed by atoms with Gasteiger partial charge in [0.2, 0.25) is 0 Å². The maximum atomic E-state index is 12.7. The predicted molar refractivity (Wildman–Crippen MR) is 110 cm³/mol. The molecule has 0 atom stereocenters. The molecule has 4 heteroatoms. The van der Waals surface area contributed by atoms with E-state index in [0.717, 1.165) is 39.2 Å². The Labute approximate surface area is 158 Å². The van der Waals surface area contributed by atoms with E-state index in [-0.39, 0.29) is 5.91 Å². The summed E-state index contributed by atoms with van der Waals surface area (Å²) in [6.45, 7) is 5.98. The Balaban J connectivity index is 1.68. The summed E-state index contributed by atoms with van der Waals surface area (Å²) in [7, 11) is 0. The highest BCUT2D eigenvalue weighted by atomic mass is 16.1. The van der Waals surface area contributed by atoms with Crippen molar-refractivity contribution in [2.45, 2.75) is 20.8 Å². The Morgan fingerprint density at radius 3 is 2.56 bits per heavy atom. The topological polar surface area (TPSA) is 57.8 Å². The maximum Gasteiger partial charge on any atom is 0.255 e. The first-order valence-electron chi connectivity index (χ1n) is 8.95. The van der Waals surface area contributed by atoms with Gasteiger partial charge in [0.1, 0.15) is 5.82 Å². The highest BCUT2D eigenvalue weighted by Gasteiger charge is 2.12. The zero-order chi connectivity index (χ0) is 19.0. The maximum absolute atomic E-state index is 12.7. The minimum absolute atomic E-state index is 0.103. The van der Waals surface area contributed by atoms with Crippen LogP contribution in [-0.4, -0.2) is 15.9 Å². The van der Waals surface area contributed by atoms with E-state index in [0.29, 0.717) is 5.56 Å². The number of anilines is 1. The first-order chi connectivity index (χ1) is 13.0. The molecule has 1 heterocycles. The van der Waals surface area contributed by atoms with Crippen LogP contribution in [0.4, 0.5) is 5.69 Å². The van der Waals surface area contributed by atoms with E-state index in [1.54, 1.807) is 0 Å². The molecule has 27 heavy (non-hydrogen) atoms. The zero-order valence-corrected chi connectivity index (χ0v) is 15.6. The Morgan fingerprint density at radius 1 is 0.926 bits per heavy atom. The number of carbonyl (C=O) groups is 1. The van der Waals surface area contributed by atoms with Crippen LogP contribution in [0.1, 0.15) is 27.0 Å². The smallest absolute Gasteiger partial charge is 0.255 e. The molecule has 4 rings (SSSR count). The second-order valence-electron chi connectivity index (χ2n) is 6.90. The fourth-order valence-electron chi connectivity index (χ4n) is 3.18. The minimum Gasteiger partial charge on any atom is -0.338 e. The molecule has 0 saturated heterocycles. The highest BCUT2D eigenvalue weighted by Crippen LogP contribution is 2.26. The van der Waals surface area contributed by atoms with Gasteiger partial charge >= 0.3 is 0 Å². The van der Waals surface area contributed by atoms with Crippen molar-refractivity contribution in [3.8, 4) is 11.4 Å². The van der Waals surface area contributed by atoms with Crippen molar-refractivity contribution in [2.24, 2.45) is 0 Å². The van der Waals surface area contributed by atoms with Crippen molar-refractivity contribution < 1.29 is 4.79 Å². The van der Waals surface area contributed by atoms with E-state index in [9.17, 15) is 4.79 Å². The van der Waals surface area contributed by atoms with Gasteiger partial charge in [0, 0.05) is 16.8 Å². The molecule has 4 aromatic rings. The average molecular weight is 355 g/mol. The molecule has 0 radical (unpaired) electrons. The fourth-order valence-corrected chi connectivity index (χ4v) is 3.18. The molecule has 0 unspecified atom stereocenters. The van der Waals surface area contributed by atoms with Crippen LogP contribution in [0.2, 0.25) is 0 Å². The van der Waals surface area contributed by atoms with Gasteiger partial charge in [-0.05, 0) is 61.7 Å². The van der Waals surface area contributed by atoms with Crippen LogP contribution in [0.5, 0.6) is 0 Å². The standard InChI is InChI=1S/C23H21N3O/c1-14-8-11-19-21(12-14)25-22(24-19)17-10-9-16(3)20(13-17)26-23(27)18-7-5-4-6-15(18)2/h4-13H,1-3H3,(H,24,25)(H,26,27). The molecule has 0 saturated carbocycles. The first kappa shape index (κ1) is 17.0. The molecule has 3 aromatic carbocycles. The van der Waals surface area contributed by atoms with Crippen LogP contribution in [0, 0.1) is 20.8 Å². The molecule has 0 spiro atoms. The lowest BCUT2D eigenvalue weighted by Gasteiger charge is -2.11. The molecule has 0 aliphatic carbocycles. The van der Waals surface area contributed by atoms with E-state index in [2.05, 4.69) is 34.3 Å². The number of carbonyl (C=O) groups excluding carboxylic acids is 1. The molecule has 4 nitrogen and oxygen atoms in total. The normalized spacial score (nSPS) is 10.9. The molecule has 1 aromatic heterocycles. The second kappa shape index (κ2) is 6.72. The van der Waals surface area contributed by atoms with E-state index in [1.807, 2.05) is 62.4 Å². The third-order valence-electron chi connectivity index (χ3n) is 4.79. The lowest BCUT2D eigenvalue weighted by Crippen LogP contribution is -2.14. The van der Waals surface area contributed by atoms with E-state index < -0.39 is 0 Å². The van der Waals surface area contributed by atoms with Crippen molar-refractivity contribution >= 4 is 22.6 Å². The van der Waals surface area contributed by atoms with Gasteiger partial charge in [-0.15, -0.1) is 0 Å². The van der Waals surface area contributed by atoms with Crippen LogP contribution >= 0.6 is 0 Å². The molecule has 1 amide bonds. The number of nitrogens with one attached hydrogen (secondary N) is 2. The summed E-state index contributed by atoms with van der Waals surface area (Å²) >= 11 is 0. The number of hydrogen-bond donors (Lipinski definition) is 2. The van der Waals surface area contributed by atoms with Crippen molar-refractivity contribution in [3.63, 3.8) is 0 Å².